The molecule has 0 bridgehead atoms. The predicted molar refractivity (Wildman–Crippen MR) is 97.5 cm³/mol. The van der Waals surface area contributed by atoms with Gasteiger partial charge in [-0.05, 0) is 46.1 Å². The minimum atomic E-state index is -0.511. The van der Waals surface area contributed by atoms with Crippen LogP contribution in [0.3, 0.4) is 0 Å². The lowest BCUT2D eigenvalue weighted by Gasteiger charge is -2.38. The molecule has 0 unspecified atom stereocenters. The number of fused-ring (bicyclic) bond motifs is 1. The van der Waals surface area contributed by atoms with Gasteiger partial charge in [0.1, 0.15) is 12.1 Å². The van der Waals surface area contributed by atoms with Gasteiger partial charge in [-0.3, -0.25) is 9.48 Å². The summed E-state index contributed by atoms with van der Waals surface area (Å²) >= 11 is 0. The third-order valence-electron chi connectivity index (χ3n) is 5.11. The monoisotopic (exact) mass is 362 g/mol. The van der Waals surface area contributed by atoms with Gasteiger partial charge < -0.3 is 14.5 Å². The smallest absolute Gasteiger partial charge is 0.410 e. The van der Waals surface area contributed by atoms with Crippen molar-refractivity contribution in [3.63, 3.8) is 0 Å². The van der Waals surface area contributed by atoms with Gasteiger partial charge in [-0.25, -0.2) is 4.79 Å². The third kappa shape index (κ3) is 4.37. The van der Waals surface area contributed by atoms with E-state index in [0.29, 0.717) is 13.1 Å². The van der Waals surface area contributed by atoms with Gasteiger partial charge in [0.25, 0.3) is 0 Å². The van der Waals surface area contributed by atoms with Crippen LogP contribution in [0.25, 0.3) is 0 Å². The zero-order valence-corrected chi connectivity index (χ0v) is 16.1. The molecule has 1 aromatic rings. The lowest BCUT2D eigenvalue weighted by molar-refractivity contribution is -0.133. The van der Waals surface area contributed by atoms with Crippen LogP contribution in [0.5, 0.6) is 0 Å². The van der Waals surface area contributed by atoms with Gasteiger partial charge in [-0.2, -0.15) is 5.10 Å². The first kappa shape index (κ1) is 18.7. The van der Waals surface area contributed by atoms with Crippen molar-refractivity contribution in [3.05, 3.63) is 18.5 Å². The molecule has 2 aliphatic heterocycles. The second-order valence-corrected chi connectivity index (χ2v) is 8.24. The fourth-order valence-electron chi connectivity index (χ4n) is 4.01. The van der Waals surface area contributed by atoms with Crippen LogP contribution in [0.2, 0.25) is 0 Å². The molecule has 2 aliphatic rings. The van der Waals surface area contributed by atoms with Crippen LogP contribution < -0.4 is 0 Å². The van der Waals surface area contributed by atoms with Gasteiger partial charge in [0.15, 0.2) is 0 Å². The fourth-order valence-corrected chi connectivity index (χ4v) is 4.01. The molecule has 2 atom stereocenters. The molecular formula is C19H30N4O3. The van der Waals surface area contributed by atoms with Crippen LogP contribution >= 0.6 is 0 Å². The molecule has 26 heavy (non-hydrogen) atoms. The lowest BCUT2D eigenvalue weighted by atomic mass is 9.97. The Labute approximate surface area is 155 Å². The molecule has 3 heterocycles. The third-order valence-corrected chi connectivity index (χ3v) is 5.11. The summed E-state index contributed by atoms with van der Waals surface area (Å²) in [7, 11) is 0. The highest BCUT2D eigenvalue weighted by molar-refractivity contribution is 5.77. The molecule has 2 fully saturated rings. The Morgan fingerprint density at radius 2 is 1.85 bits per heavy atom. The van der Waals surface area contributed by atoms with Crippen molar-refractivity contribution < 1.29 is 14.3 Å². The first-order chi connectivity index (χ1) is 12.3. The molecule has 7 heteroatoms. The quantitative estimate of drug-likeness (QED) is 0.811. The SMILES string of the molecule is CC(C)(C)OC(=O)N1CCCCC[C@@H]2[C@H]1CCN2C(=O)Cn1cccn1. The van der Waals surface area contributed by atoms with Crippen LogP contribution in [-0.4, -0.2) is 62.4 Å². The summed E-state index contributed by atoms with van der Waals surface area (Å²) in [5.74, 6) is 0.0749. The molecule has 144 valence electrons. The van der Waals surface area contributed by atoms with Gasteiger partial charge in [-0.15, -0.1) is 0 Å². The van der Waals surface area contributed by atoms with Gasteiger partial charge in [0.05, 0.1) is 12.1 Å². The number of amides is 2. The highest BCUT2D eigenvalue weighted by Crippen LogP contribution is 2.31. The molecular weight excluding hydrogens is 332 g/mol. The van der Waals surface area contributed by atoms with Crippen LogP contribution in [0.4, 0.5) is 4.79 Å². The van der Waals surface area contributed by atoms with E-state index in [1.165, 1.54) is 0 Å². The van der Waals surface area contributed by atoms with Crippen molar-refractivity contribution in [1.82, 2.24) is 19.6 Å². The molecule has 0 radical (unpaired) electrons. The molecule has 7 nitrogen and oxygen atoms in total. The topological polar surface area (TPSA) is 67.7 Å². The van der Waals surface area contributed by atoms with E-state index in [0.717, 1.165) is 32.1 Å². The summed E-state index contributed by atoms with van der Waals surface area (Å²) in [6, 6.07) is 1.94. The highest BCUT2D eigenvalue weighted by Gasteiger charge is 2.43. The number of ether oxygens (including phenoxy) is 1. The molecule has 2 amide bonds. The van der Waals surface area contributed by atoms with Gasteiger partial charge in [0.2, 0.25) is 5.91 Å². The molecule has 3 rings (SSSR count). The second-order valence-electron chi connectivity index (χ2n) is 8.24. The van der Waals surface area contributed by atoms with E-state index in [-0.39, 0.29) is 30.6 Å². The average molecular weight is 362 g/mol. The van der Waals surface area contributed by atoms with Crippen molar-refractivity contribution in [3.8, 4) is 0 Å². The number of rotatable bonds is 2. The van der Waals surface area contributed by atoms with E-state index in [2.05, 4.69) is 5.10 Å². The number of likely N-dealkylation sites (tertiary alicyclic amines) is 2. The number of aromatic nitrogens is 2. The second kappa shape index (κ2) is 7.68. The van der Waals surface area contributed by atoms with Crippen LogP contribution in [-0.2, 0) is 16.1 Å². The Hall–Kier alpha value is -2.05. The van der Waals surface area contributed by atoms with Crippen molar-refractivity contribution >= 4 is 12.0 Å². The molecule has 0 aromatic carbocycles. The summed E-state index contributed by atoms with van der Waals surface area (Å²) in [5.41, 5.74) is -0.511. The predicted octanol–water partition coefficient (Wildman–Crippen LogP) is 2.66. The molecule has 1 aromatic heterocycles. The number of carbonyl (C=O) groups is 2. The van der Waals surface area contributed by atoms with Crippen LogP contribution in [0, 0.1) is 0 Å². The molecule has 0 N–H and O–H groups in total. The minimum Gasteiger partial charge on any atom is -0.444 e. The maximum absolute atomic E-state index is 12.8. The Kier molecular flexibility index (Phi) is 5.53. The Bertz CT molecular complexity index is 623. The van der Waals surface area contributed by atoms with Crippen LogP contribution in [0.15, 0.2) is 18.5 Å². The fraction of sp³-hybridized carbons (Fsp3) is 0.737. The average Bonchev–Trinajstić information content (AvgIpc) is 3.15. The van der Waals surface area contributed by atoms with Crippen molar-refractivity contribution in [1.29, 1.82) is 0 Å². The van der Waals surface area contributed by atoms with E-state index in [9.17, 15) is 9.59 Å². The first-order valence-electron chi connectivity index (χ1n) is 9.62. The molecule has 0 saturated carbocycles. The van der Waals surface area contributed by atoms with E-state index in [4.69, 9.17) is 4.74 Å². The summed E-state index contributed by atoms with van der Waals surface area (Å²) in [6.07, 6.45) is 8.14. The van der Waals surface area contributed by atoms with Crippen molar-refractivity contribution in [2.24, 2.45) is 0 Å². The summed E-state index contributed by atoms with van der Waals surface area (Å²) in [6.45, 7) is 7.32. The Morgan fingerprint density at radius 3 is 2.54 bits per heavy atom. The maximum Gasteiger partial charge on any atom is 0.410 e. The minimum absolute atomic E-state index is 0.0479. The van der Waals surface area contributed by atoms with Gasteiger partial charge >= 0.3 is 6.09 Å². The van der Waals surface area contributed by atoms with E-state index < -0.39 is 5.60 Å². The molecule has 0 spiro atoms. The summed E-state index contributed by atoms with van der Waals surface area (Å²) in [5, 5.41) is 4.13. The number of hydrogen-bond donors (Lipinski definition) is 0. The molecule has 2 saturated heterocycles. The number of nitrogens with zero attached hydrogens (tertiary/aromatic N) is 4. The maximum atomic E-state index is 12.8. The van der Waals surface area contributed by atoms with E-state index in [1.54, 1.807) is 17.1 Å². The highest BCUT2D eigenvalue weighted by atomic mass is 16.6. The summed E-state index contributed by atoms with van der Waals surface area (Å²) < 4.78 is 7.29. The Balaban J connectivity index is 1.73. The van der Waals surface area contributed by atoms with E-state index >= 15 is 0 Å². The van der Waals surface area contributed by atoms with Crippen molar-refractivity contribution in [2.75, 3.05) is 13.1 Å². The Morgan fingerprint density at radius 1 is 1.08 bits per heavy atom. The molecule has 0 aliphatic carbocycles. The number of hydrogen-bond acceptors (Lipinski definition) is 4. The van der Waals surface area contributed by atoms with Crippen molar-refractivity contribution in [2.45, 2.75) is 77.1 Å². The largest absolute Gasteiger partial charge is 0.444 e. The lowest BCUT2D eigenvalue weighted by Crippen LogP contribution is -2.51. The zero-order valence-electron chi connectivity index (χ0n) is 16.1. The normalized spacial score (nSPS) is 24.0. The van der Waals surface area contributed by atoms with Gasteiger partial charge in [-0.1, -0.05) is 12.8 Å². The standard InChI is InChI=1S/C19H30N4O3/c1-19(2,3)26-18(25)23-12-6-4-5-8-15-16(23)9-13-22(15)17(24)14-21-11-7-10-20-21/h7,10-11,15-16H,4-6,8-9,12-14H2,1-3H3/t15-,16-/m1/s1. The zero-order chi connectivity index (χ0) is 18.7. The number of carbonyl (C=O) groups excluding carboxylic acids is 2. The first-order valence-corrected chi connectivity index (χ1v) is 9.62. The van der Waals surface area contributed by atoms with Gasteiger partial charge in [0, 0.05) is 25.5 Å². The van der Waals surface area contributed by atoms with Crippen LogP contribution in [0.1, 0.15) is 52.9 Å². The van der Waals surface area contributed by atoms with E-state index in [1.807, 2.05) is 36.6 Å². The summed E-state index contributed by atoms with van der Waals surface area (Å²) in [4.78, 5) is 29.4.